The van der Waals surface area contributed by atoms with Gasteiger partial charge < -0.3 is 0 Å². The minimum atomic E-state index is -0.322. The Bertz CT molecular complexity index is 624. The molecule has 1 heterocycles. The number of nitrogens with zero attached hydrogens (tertiary/aromatic N) is 2. The number of hydrogen-bond donors (Lipinski definition) is 2. The predicted octanol–water partition coefficient (Wildman–Crippen LogP) is 2.58. The van der Waals surface area contributed by atoms with Crippen molar-refractivity contribution in [1.29, 1.82) is 0 Å². The number of nitrogens with one attached hydrogen (secondary N) is 1. The molecule has 1 unspecified atom stereocenters. The first-order valence-electron chi connectivity index (χ1n) is 6.34. The van der Waals surface area contributed by atoms with Gasteiger partial charge in [-0.1, -0.05) is 17.7 Å². The molecule has 0 spiro atoms. The average molecular weight is 297 g/mol. The fraction of sp³-hybridized carbons (Fsp3) is 0.357. The SMILES string of the molecule is Cc1nn(C)c(C)c1C(Cc1ccc(Cl)cc1F)NN. The highest BCUT2D eigenvalue weighted by Gasteiger charge is 2.20. The number of hydrogen-bond acceptors (Lipinski definition) is 3. The third kappa shape index (κ3) is 2.85. The first-order valence-corrected chi connectivity index (χ1v) is 6.72. The molecule has 0 saturated carbocycles. The summed E-state index contributed by atoms with van der Waals surface area (Å²) in [6.07, 6.45) is 0.437. The van der Waals surface area contributed by atoms with Crippen LogP contribution in [0.5, 0.6) is 0 Å². The van der Waals surface area contributed by atoms with Crippen LogP contribution in [-0.2, 0) is 13.5 Å². The molecule has 0 amide bonds. The molecule has 6 heteroatoms. The zero-order valence-electron chi connectivity index (χ0n) is 11.7. The van der Waals surface area contributed by atoms with Crippen molar-refractivity contribution >= 4 is 11.6 Å². The molecule has 0 fully saturated rings. The van der Waals surface area contributed by atoms with Crippen molar-refractivity contribution in [2.75, 3.05) is 0 Å². The van der Waals surface area contributed by atoms with Gasteiger partial charge in [0.2, 0.25) is 0 Å². The van der Waals surface area contributed by atoms with E-state index in [9.17, 15) is 4.39 Å². The summed E-state index contributed by atoms with van der Waals surface area (Å²) in [5.74, 6) is 5.32. The van der Waals surface area contributed by atoms with Crippen LogP contribution in [0.3, 0.4) is 0 Å². The van der Waals surface area contributed by atoms with Crippen molar-refractivity contribution in [3.05, 3.63) is 51.6 Å². The van der Waals surface area contributed by atoms with Gasteiger partial charge in [-0.15, -0.1) is 0 Å². The van der Waals surface area contributed by atoms with E-state index < -0.39 is 0 Å². The fourth-order valence-electron chi connectivity index (χ4n) is 2.45. The van der Waals surface area contributed by atoms with Gasteiger partial charge in [-0.05, 0) is 38.0 Å². The Morgan fingerprint density at radius 3 is 2.65 bits per heavy atom. The first-order chi connectivity index (χ1) is 9.43. The Balaban J connectivity index is 2.33. The molecule has 1 aromatic heterocycles. The molecule has 0 bridgehead atoms. The van der Waals surface area contributed by atoms with Crippen LogP contribution in [0, 0.1) is 19.7 Å². The van der Waals surface area contributed by atoms with Gasteiger partial charge in [-0.3, -0.25) is 16.0 Å². The van der Waals surface area contributed by atoms with Crippen LogP contribution >= 0.6 is 11.6 Å². The van der Waals surface area contributed by atoms with Gasteiger partial charge in [-0.2, -0.15) is 5.10 Å². The average Bonchev–Trinajstić information content (AvgIpc) is 2.63. The van der Waals surface area contributed by atoms with Gasteiger partial charge in [-0.25, -0.2) is 4.39 Å². The van der Waals surface area contributed by atoms with Crippen LogP contribution < -0.4 is 11.3 Å². The third-order valence-electron chi connectivity index (χ3n) is 3.55. The van der Waals surface area contributed by atoms with Crippen LogP contribution in [0.15, 0.2) is 18.2 Å². The quantitative estimate of drug-likeness (QED) is 0.673. The smallest absolute Gasteiger partial charge is 0.127 e. The predicted molar refractivity (Wildman–Crippen MR) is 77.9 cm³/mol. The lowest BCUT2D eigenvalue weighted by atomic mass is 9.97. The number of benzene rings is 1. The normalized spacial score (nSPS) is 12.7. The lowest BCUT2D eigenvalue weighted by Gasteiger charge is -2.17. The lowest BCUT2D eigenvalue weighted by molar-refractivity contribution is 0.524. The Morgan fingerprint density at radius 2 is 2.15 bits per heavy atom. The summed E-state index contributed by atoms with van der Waals surface area (Å²) in [5.41, 5.74) is 6.23. The third-order valence-corrected chi connectivity index (χ3v) is 3.79. The largest absolute Gasteiger partial charge is 0.272 e. The van der Waals surface area contributed by atoms with E-state index in [4.69, 9.17) is 17.4 Å². The second kappa shape index (κ2) is 5.91. The maximum atomic E-state index is 13.9. The summed E-state index contributed by atoms with van der Waals surface area (Å²) in [6, 6.07) is 4.48. The van der Waals surface area contributed by atoms with Gasteiger partial charge in [0.05, 0.1) is 11.7 Å². The van der Waals surface area contributed by atoms with Crippen molar-refractivity contribution in [1.82, 2.24) is 15.2 Å². The van der Waals surface area contributed by atoms with E-state index in [1.807, 2.05) is 20.9 Å². The molecule has 2 rings (SSSR count). The molecule has 0 aliphatic heterocycles. The van der Waals surface area contributed by atoms with Gasteiger partial charge in [0, 0.05) is 23.3 Å². The summed E-state index contributed by atoms with van der Waals surface area (Å²) in [7, 11) is 1.88. The minimum Gasteiger partial charge on any atom is -0.272 e. The van der Waals surface area contributed by atoms with E-state index in [1.165, 1.54) is 6.07 Å². The van der Waals surface area contributed by atoms with Crippen molar-refractivity contribution in [3.63, 3.8) is 0 Å². The Morgan fingerprint density at radius 1 is 1.45 bits per heavy atom. The van der Waals surface area contributed by atoms with Crippen molar-refractivity contribution < 1.29 is 4.39 Å². The van der Waals surface area contributed by atoms with Crippen LogP contribution in [0.1, 0.15) is 28.6 Å². The molecule has 0 aliphatic rings. The standard InChI is InChI=1S/C14H18ClFN4/c1-8-14(9(2)20(3)19-8)13(18-17)6-10-4-5-11(15)7-12(10)16/h4-5,7,13,18H,6,17H2,1-3H3. The second-order valence-electron chi connectivity index (χ2n) is 4.87. The van der Waals surface area contributed by atoms with Gasteiger partial charge in [0.25, 0.3) is 0 Å². The van der Waals surface area contributed by atoms with Crippen molar-refractivity contribution in [2.45, 2.75) is 26.3 Å². The van der Waals surface area contributed by atoms with E-state index in [-0.39, 0.29) is 11.9 Å². The van der Waals surface area contributed by atoms with Crippen LogP contribution in [0.4, 0.5) is 4.39 Å². The molecule has 2 aromatic rings. The first kappa shape index (κ1) is 15.0. The van der Waals surface area contributed by atoms with Gasteiger partial charge >= 0.3 is 0 Å². The van der Waals surface area contributed by atoms with Crippen LogP contribution in [0.25, 0.3) is 0 Å². The number of aromatic nitrogens is 2. The fourth-order valence-corrected chi connectivity index (χ4v) is 2.60. The summed E-state index contributed by atoms with van der Waals surface area (Å²) >= 11 is 5.76. The number of aryl methyl sites for hydroxylation is 2. The van der Waals surface area contributed by atoms with Crippen LogP contribution in [-0.4, -0.2) is 9.78 Å². The number of hydrazine groups is 1. The van der Waals surface area contributed by atoms with Gasteiger partial charge in [0.1, 0.15) is 5.82 Å². The number of halogens is 2. The van der Waals surface area contributed by atoms with Crippen molar-refractivity contribution in [2.24, 2.45) is 12.9 Å². The van der Waals surface area contributed by atoms with Crippen molar-refractivity contribution in [3.8, 4) is 0 Å². The highest BCUT2D eigenvalue weighted by molar-refractivity contribution is 6.30. The number of nitrogens with two attached hydrogens (primary N) is 1. The molecule has 4 nitrogen and oxygen atoms in total. The maximum Gasteiger partial charge on any atom is 0.127 e. The monoisotopic (exact) mass is 296 g/mol. The zero-order chi connectivity index (χ0) is 14.9. The summed E-state index contributed by atoms with van der Waals surface area (Å²) in [6.45, 7) is 3.89. The summed E-state index contributed by atoms with van der Waals surface area (Å²) in [4.78, 5) is 0. The topological polar surface area (TPSA) is 55.9 Å². The molecule has 108 valence electrons. The van der Waals surface area contributed by atoms with E-state index in [2.05, 4.69) is 10.5 Å². The van der Waals surface area contributed by atoms with Gasteiger partial charge in [0.15, 0.2) is 0 Å². The molecule has 0 saturated heterocycles. The highest BCUT2D eigenvalue weighted by atomic mass is 35.5. The highest BCUT2D eigenvalue weighted by Crippen LogP contribution is 2.26. The molecule has 1 aromatic carbocycles. The zero-order valence-corrected chi connectivity index (χ0v) is 12.5. The Hall–Kier alpha value is -1.43. The molecule has 3 N–H and O–H groups in total. The van der Waals surface area contributed by atoms with E-state index >= 15 is 0 Å². The van der Waals surface area contributed by atoms with E-state index in [1.54, 1.807) is 16.8 Å². The molecular weight excluding hydrogens is 279 g/mol. The number of rotatable bonds is 4. The maximum absolute atomic E-state index is 13.9. The van der Waals surface area contributed by atoms with E-state index in [0.29, 0.717) is 17.0 Å². The molecule has 0 radical (unpaired) electrons. The Labute approximate surface area is 122 Å². The van der Waals surface area contributed by atoms with E-state index in [0.717, 1.165) is 17.0 Å². The molecule has 0 aliphatic carbocycles. The lowest BCUT2D eigenvalue weighted by Crippen LogP contribution is -2.30. The molecular formula is C14H18ClFN4. The Kier molecular flexibility index (Phi) is 4.42. The minimum absolute atomic E-state index is 0.195. The summed E-state index contributed by atoms with van der Waals surface area (Å²) in [5, 5.41) is 4.75. The summed E-state index contributed by atoms with van der Waals surface area (Å²) < 4.78 is 15.7. The molecule has 1 atom stereocenters. The molecule has 20 heavy (non-hydrogen) atoms. The van der Waals surface area contributed by atoms with Crippen LogP contribution in [0.2, 0.25) is 5.02 Å². The second-order valence-corrected chi connectivity index (χ2v) is 5.30.